The van der Waals surface area contributed by atoms with Crippen molar-refractivity contribution in [3.05, 3.63) is 89.0 Å². The number of fused-ring (bicyclic) bond motifs is 1. The van der Waals surface area contributed by atoms with Crippen LogP contribution in [-0.4, -0.2) is 37.0 Å². The number of carbonyl (C=O) groups excluding carboxylic acids is 2. The molecule has 9 nitrogen and oxygen atoms in total. The molecule has 0 unspecified atom stereocenters. The summed E-state index contributed by atoms with van der Waals surface area (Å²) in [6, 6.07) is 16.6. The van der Waals surface area contributed by atoms with Crippen LogP contribution in [0, 0.1) is 0 Å². The van der Waals surface area contributed by atoms with Gasteiger partial charge in [-0.15, -0.1) is 0 Å². The van der Waals surface area contributed by atoms with Crippen LogP contribution in [0.5, 0.6) is 0 Å². The molecule has 3 aromatic rings. The first-order chi connectivity index (χ1) is 17.4. The molecule has 37 heavy (non-hydrogen) atoms. The van der Waals surface area contributed by atoms with Gasteiger partial charge in [-0.25, -0.2) is 13.1 Å². The Labute approximate surface area is 216 Å². The van der Waals surface area contributed by atoms with Crippen LogP contribution >= 0.6 is 0 Å². The van der Waals surface area contributed by atoms with Crippen LogP contribution in [0.15, 0.2) is 71.6 Å². The van der Waals surface area contributed by atoms with Gasteiger partial charge < -0.3 is 21.5 Å². The number of carbonyl (C=O) groups is 2. The third-order valence-corrected chi connectivity index (χ3v) is 7.95. The van der Waals surface area contributed by atoms with Crippen molar-refractivity contribution in [1.82, 2.24) is 4.72 Å². The van der Waals surface area contributed by atoms with E-state index in [9.17, 15) is 23.1 Å². The van der Waals surface area contributed by atoms with Gasteiger partial charge >= 0.3 is 0 Å². The Morgan fingerprint density at radius 2 is 1.73 bits per heavy atom. The fraction of sp³-hybridized carbons (Fsp3) is 0.259. The first kappa shape index (κ1) is 26.3. The third-order valence-electron chi connectivity index (χ3n) is 6.49. The number of sulfonamides is 1. The lowest BCUT2D eigenvalue weighted by atomic mass is 9.82. The minimum Gasteiger partial charge on any atom is -0.389 e. The first-order valence-corrected chi connectivity index (χ1v) is 13.3. The number of aliphatic hydroxyl groups excluding tert-OH is 1. The van der Waals surface area contributed by atoms with E-state index in [0.717, 1.165) is 12.0 Å². The number of benzene rings is 3. The Balaban J connectivity index is 1.67. The fourth-order valence-corrected chi connectivity index (χ4v) is 5.52. The van der Waals surface area contributed by atoms with E-state index >= 15 is 0 Å². The van der Waals surface area contributed by atoms with Crippen LogP contribution in [0.3, 0.4) is 0 Å². The van der Waals surface area contributed by atoms with Gasteiger partial charge in [-0.2, -0.15) is 0 Å². The van der Waals surface area contributed by atoms with Gasteiger partial charge in [0.05, 0.1) is 22.6 Å². The predicted molar refractivity (Wildman–Crippen MR) is 142 cm³/mol. The van der Waals surface area contributed by atoms with E-state index in [1.807, 2.05) is 6.92 Å². The van der Waals surface area contributed by atoms with E-state index in [2.05, 4.69) is 15.4 Å². The van der Waals surface area contributed by atoms with E-state index in [1.165, 1.54) is 24.3 Å². The molecular weight excluding hydrogens is 492 g/mol. The highest BCUT2D eigenvalue weighted by Crippen LogP contribution is 2.39. The number of nitrogens with one attached hydrogen (secondary N) is 3. The second kappa shape index (κ2) is 9.97. The molecule has 2 amide bonds. The van der Waals surface area contributed by atoms with Gasteiger partial charge in [0.25, 0.3) is 5.91 Å². The maximum atomic E-state index is 13.3. The van der Waals surface area contributed by atoms with Gasteiger partial charge in [-0.05, 0) is 79.9 Å². The molecular formula is C27H30N4O5S. The van der Waals surface area contributed by atoms with Crippen molar-refractivity contribution in [1.29, 1.82) is 0 Å². The molecule has 0 spiro atoms. The summed E-state index contributed by atoms with van der Waals surface area (Å²) < 4.78 is 29.2. The highest BCUT2D eigenvalue weighted by atomic mass is 32.2. The lowest BCUT2D eigenvalue weighted by Crippen LogP contribution is -2.54. The van der Waals surface area contributed by atoms with Gasteiger partial charge in [0.1, 0.15) is 0 Å². The normalized spacial score (nSPS) is 18.4. The lowest BCUT2D eigenvalue weighted by Gasteiger charge is -2.43. The zero-order valence-corrected chi connectivity index (χ0v) is 21.6. The van der Waals surface area contributed by atoms with Gasteiger partial charge in [-0.3, -0.25) is 9.59 Å². The van der Waals surface area contributed by atoms with Crippen LogP contribution in [0.25, 0.3) is 0 Å². The summed E-state index contributed by atoms with van der Waals surface area (Å²) in [5, 5.41) is 17.1. The molecule has 10 heteroatoms. The third kappa shape index (κ3) is 5.51. The number of aryl methyl sites for hydroxylation is 1. The second-order valence-corrected chi connectivity index (χ2v) is 11.3. The molecule has 1 aliphatic heterocycles. The van der Waals surface area contributed by atoms with Gasteiger partial charge in [-0.1, -0.05) is 25.1 Å². The number of amides is 2. The SMILES string of the molecule is CCc1ccc(S(=O)(=O)N[C@@H]2c3cc(C(=O)Nc4cccc(C(N)=O)c4)ccc3NC(C)(C)[C@H]2O)cc1. The summed E-state index contributed by atoms with van der Waals surface area (Å²) in [6.45, 7) is 5.52. The highest BCUT2D eigenvalue weighted by Gasteiger charge is 2.43. The summed E-state index contributed by atoms with van der Waals surface area (Å²) >= 11 is 0. The Bertz CT molecular complexity index is 1450. The molecule has 194 valence electrons. The average molecular weight is 523 g/mol. The van der Waals surface area contributed by atoms with Crippen LogP contribution in [0.1, 0.15) is 58.7 Å². The second-order valence-electron chi connectivity index (χ2n) is 9.59. The van der Waals surface area contributed by atoms with Crippen molar-refractivity contribution < 1.29 is 23.1 Å². The number of hydrogen-bond donors (Lipinski definition) is 5. The van der Waals surface area contributed by atoms with Crippen molar-refractivity contribution in [2.24, 2.45) is 5.73 Å². The molecule has 0 saturated carbocycles. The van der Waals surface area contributed by atoms with Gasteiger partial charge in [0, 0.05) is 22.5 Å². The lowest BCUT2D eigenvalue weighted by molar-refractivity contribution is 0.0770. The molecule has 4 rings (SSSR count). The molecule has 1 aliphatic rings. The molecule has 0 fully saturated rings. The van der Waals surface area contributed by atoms with Crippen molar-refractivity contribution in [2.45, 2.75) is 49.8 Å². The Kier molecular flexibility index (Phi) is 7.09. The van der Waals surface area contributed by atoms with E-state index in [0.29, 0.717) is 16.9 Å². The maximum absolute atomic E-state index is 13.3. The fourth-order valence-electron chi connectivity index (χ4n) is 4.30. The van der Waals surface area contributed by atoms with Gasteiger partial charge in [0.15, 0.2) is 0 Å². The quantitative estimate of drug-likeness (QED) is 0.322. The Hall–Kier alpha value is -3.73. The zero-order chi connectivity index (χ0) is 27.0. The summed E-state index contributed by atoms with van der Waals surface area (Å²) in [6.07, 6.45) is -0.366. The van der Waals surface area contributed by atoms with Crippen molar-refractivity contribution in [2.75, 3.05) is 10.6 Å². The zero-order valence-electron chi connectivity index (χ0n) is 20.8. The van der Waals surface area contributed by atoms with Crippen LogP contribution in [-0.2, 0) is 16.4 Å². The molecule has 0 saturated heterocycles. The molecule has 6 N–H and O–H groups in total. The number of rotatable bonds is 7. The van der Waals surface area contributed by atoms with Crippen LogP contribution in [0.2, 0.25) is 0 Å². The molecule has 0 aromatic heterocycles. The summed E-state index contributed by atoms with van der Waals surface area (Å²) in [4.78, 5) is 24.6. The number of primary amides is 1. The standard InChI is InChI=1S/C27H30N4O5S/c1-4-16-8-11-20(12-9-16)37(35,36)31-23-21-15-18(10-13-22(21)30-27(2,3)24(23)32)26(34)29-19-7-5-6-17(14-19)25(28)33/h5-15,23-24,30-32H,4H2,1-3H3,(H2,28,33)(H,29,34)/t23-,24+/m1/s1. The van der Waals surface area contributed by atoms with E-state index in [1.54, 1.807) is 56.3 Å². The molecule has 0 aliphatic carbocycles. The molecule has 3 aromatic carbocycles. The summed E-state index contributed by atoms with van der Waals surface area (Å²) in [5.74, 6) is -1.09. The predicted octanol–water partition coefficient (Wildman–Crippen LogP) is 3.18. The van der Waals surface area contributed by atoms with E-state index in [4.69, 9.17) is 5.73 Å². The largest absolute Gasteiger partial charge is 0.389 e. The number of anilines is 2. The highest BCUT2D eigenvalue weighted by molar-refractivity contribution is 7.89. The molecule has 2 atom stereocenters. The Morgan fingerprint density at radius 1 is 1.03 bits per heavy atom. The number of aliphatic hydroxyl groups is 1. The van der Waals surface area contributed by atoms with Crippen molar-refractivity contribution in [3.63, 3.8) is 0 Å². The number of nitrogens with two attached hydrogens (primary N) is 1. The van der Waals surface area contributed by atoms with Crippen LogP contribution < -0.4 is 21.1 Å². The van der Waals surface area contributed by atoms with E-state index in [-0.39, 0.29) is 16.0 Å². The maximum Gasteiger partial charge on any atom is 0.255 e. The molecule has 1 heterocycles. The molecule has 0 radical (unpaired) electrons. The summed E-state index contributed by atoms with van der Waals surface area (Å²) in [7, 11) is -3.99. The minimum atomic E-state index is -3.99. The Morgan fingerprint density at radius 3 is 2.38 bits per heavy atom. The first-order valence-electron chi connectivity index (χ1n) is 11.8. The van der Waals surface area contributed by atoms with Crippen molar-refractivity contribution in [3.8, 4) is 0 Å². The smallest absolute Gasteiger partial charge is 0.255 e. The number of hydrogen-bond acceptors (Lipinski definition) is 6. The molecule has 0 bridgehead atoms. The van der Waals surface area contributed by atoms with Crippen molar-refractivity contribution >= 4 is 33.2 Å². The van der Waals surface area contributed by atoms with Crippen LogP contribution in [0.4, 0.5) is 11.4 Å². The average Bonchev–Trinajstić information content (AvgIpc) is 2.86. The minimum absolute atomic E-state index is 0.0815. The van der Waals surface area contributed by atoms with Gasteiger partial charge in [0.2, 0.25) is 15.9 Å². The van der Waals surface area contributed by atoms with E-state index < -0.39 is 39.5 Å². The summed E-state index contributed by atoms with van der Waals surface area (Å²) in [5.41, 5.74) is 7.37. The topological polar surface area (TPSA) is 151 Å². The monoisotopic (exact) mass is 522 g/mol.